The molecule has 0 fully saturated rings. The lowest BCUT2D eigenvalue weighted by atomic mass is 9.97. The first kappa shape index (κ1) is 26.5. The van der Waals surface area contributed by atoms with Gasteiger partial charge in [-0.05, 0) is 49.7 Å². The minimum atomic E-state index is -0.616. The molecule has 2 heterocycles. The van der Waals surface area contributed by atoms with Crippen molar-refractivity contribution in [2.24, 2.45) is 10.1 Å². The van der Waals surface area contributed by atoms with Gasteiger partial charge in [0.15, 0.2) is 5.17 Å². The maximum absolute atomic E-state index is 12.9. The van der Waals surface area contributed by atoms with Gasteiger partial charge in [0, 0.05) is 24.1 Å². The standard InChI is InChI=1S/C30H30N4O4S/c1-18-5-9-20(10-6-18)25-16-24(23-15-22(37-3)13-14-26(23)38-4)33-34(25)30-32-29(36)27(39-30)17-28(35)31-21-11-7-19(2)8-12-21/h5-15,25,27H,16-17H2,1-4H3,(H,31,35)/t25-,27+/m0/s1. The first-order valence-electron chi connectivity index (χ1n) is 12.7. The van der Waals surface area contributed by atoms with Crippen LogP contribution >= 0.6 is 11.8 Å². The summed E-state index contributed by atoms with van der Waals surface area (Å²) in [6, 6.07) is 21.2. The monoisotopic (exact) mass is 542 g/mol. The number of rotatable bonds is 7. The van der Waals surface area contributed by atoms with Gasteiger partial charge in [-0.1, -0.05) is 59.3 Å². The summed E-state index contributed by atoms with van der Waals surface area (Å²) < 4.78 is 11.1. The molecule has 1 N–H and O–H groups in total. The molecule has 5 rings (SSSR count). The minimum absolute atomic E-state index is 0.0215. The Morgan fingerprint density at radius 3 is 2.36 bits per heavy atom. The van der Waals surface area contributed by atoms with Crippen LogP contribution < -0.4 is 14.8 Å². The summed E-state index contributed by atoms with van der Waals surface area (Å²) in [6.45, 7) is 4.03. The van der Waals surface area contributed by atoms with E-state index in [1.807, 2.05) is 56.3 Å². The number of methoxy groups -OCH3 is 2. The molecule has 200 valence electrons. The fourth-order valence-electron chi connectivity index (χ4n) is 4.56. The highest BCUT2D eigenvalue weighted by molar-refractivity contribution is 8.15. The van der Waals surface area contributed by atoms with Gasteiger partial charge in [0.1, 0.15) is 16.7 Å². The van der Waals surface area contributed by atoms with E-state index in [1.54, 1.807) is 19.2 Å². The number of amides is 2. The van der Waals surface area contributed by atoms with E-state index >= 15 is 0 Å². The number of anilines is 1. The Balaban J connectivity index is 1.40. The van der Waals surface area contributed by atoms with Crippen LogP contribution in [0.1, 0.15) is 41.1 Å². The highest BCUT2D eigenvalue weighted by Crippen LogP contribution is 2.40. The van der Waals surface area contributed by atoms with Crippen molar-refractivity contribution in [3.63, 3.8) is 0 Å². The average Bonchev–Trinajstić information content (AvgIpc) is 3.54. The zero-order valence-electron chi connectivity index (χ0n) is 22.3. The quantitative estimate of drug-likeness (QED) is 0.424. The molecule has 0 saturated heterocycles. The van der Waals surface area contributed by atoms with Crippen molar-refractivity contribution in [3.8, 4) is 11.5 Å². The average molecular weight is 543 g/mol. The topological polar surface area (TPSA) is 92.6 Å². The van der Waals surface area contributed by atoms with Gasteiger partial charge < -0.3 is 14.8 Å². The molecular weight excluding hydrogens is 512 g/mol. The van der Waals surface area contributed by atoms with Gasteiger partial charge in [0.25, 0.3) is 5.91 Å². The van der Waals surface area contributed by atoms with Gasteiger partial charge in [-0.3, -0.25) is 9.59 Å². The van der Waals surface area contributed by atoms with Gasteiger partial charge in [-0.15, -0.1) is 0 Å². The van der Waals surface area contributed by atoms with E-state index in [2.05, 4.69) is 34.6 Å². The molecule has 2 aliphatic heterocycles. The lowest BCUT2D eigenvalue weighted by Crippen LogP contribution is -2.25. The van der Waals surface area contributed by atoms with E-state index < -0.39 is 5.25 Å². The molecule has 3 aromatic rings. The number of ether oxygens (including phenoxy) is 2. The summed E-state index contributed by atoms with van der Waals surface area (Å²) in [6.07, 6.45) is 0.604. The molecule has 3 aromatic carbocycles. The Hall–Kier alpha value is -4.11. The van der Waals surface area contributed by atoms with Crippen molar-refractivity contribution in [1.29, 1.82) is 0 Å². The number of thioether (sulfide) groups is 1. The number of hydrazone groups is 1. The first-order chi connectivity index (χ1) is 18.8. The molecule has 39 heavy (non-hydrogen) atoms. The molecule has 0 radical (unpaired) electrons. The lowest BCUT2D eigenvalue weighted by molar-refractivity contribution is -0.121. The minimum Gasteiger partial charge on any atom is -0.497 e. The molecule has 0 aromatic heterocycles. The van der Waals surface area contributed by atoms with Crippen molar-refractivity contribution in [1.82, 2.24) is 5.01 Å². The third kappa shape index (κ3) is 5.83. The molecule has 2 atom stereocenters. The highest BCUT2D eigenvalue weighted by Gasteiger charge is 2.39. The van der Waals surface area contributed by atoms with Crippen LogP contribution in [0, 0.1) is 13.8 Å². The van der Waals surface area contributed by atoms with E-state index in [1.165, 1.54) is 11.8 Å². The molecule has 8 nitrogen and oxygen atoms in total. The fraction of sp³-hybridized carbons (Fsp3) is 0.267. The third-order valence-electron chi connectivity index (χ3n) is 6.72. The molecule has 0 aliphatic carbocycles. The predicted molar refractivity (Wildman–Crippen MR) is 155 cm³/mol. The molecule has 2 aliphatic rings. The second kappa shape index (κ2) is 11.3. The van der Waals surface area contributed by atoms with Crippen LogP contribution in [0.2, 0.25) is 0 Å². The molecule has 2 amide bonds. The second-order valence-electron chi connectivity index (χ2n) is 9.55. The Morgan fingerprint density at radius 1 is 1.00 bits per heavy atom. The summed E-state index contributed by atoms with van der Waals surface area (Å²) >= 11 is 1.28. The van der Waals surface area contributed by atoms with Gasteiger partial charge in [-0.2, -0.15) is 10.1 Å². The number of carbonyl (C=O) groups excluding carboxylic acids is 2. The smallest absolute Gasteiger partial charge is 0.262 e. The zero-order valence-corrected chi connectivity index (χ0v) is 23.1. The van der Waals surface area contributed by atoms with Gasteiger partial charge in [0.2, 0.25) is 5.91 Å². The van der Waals surface area contributed by atoms with Crippen LogP contribution in [0.4, 0.5) is 5.69 Å². The van der Waals surface area contributed by atoms with Gasteiger partial charge in [-0.25, -0.2) is 5.01 Å². The number of carbonyl (C=O) groups is 2. The third-order valence-corrected chi connectivity index (χ3v) is 7.86. The maximum Gasteiger partial charge on any atom is 0.262 e. The number of hydrogen-bond donors (Lipinski definition) is 1. The fourth-order valence-corrected chi connectivity index (χ4v) is 5.62. The summed E-state index contributed by atoms with van der Waals surface area (Å²) in [5, 5.41) is 9.48. The summed E-state index contributed by atoms with van der Waals surface area (Å²) in [4.78, 5) is 30.0. The number of amidine groups is 1. The second-order valence-corrected chi connectivity index (χ2v) is 10.7. The van der Waals surface area contributed by atoms with Gasteiger partial charge >= 0.3 is 0 Å². The van der Waals surface area contributed by atoms with E-state index in [4.69, 9.17) is 14.6 Å². The van der Waals surface area contributed by atoms with Crippen LogP contribution in [0.25, 0.3) is 0 Å². The van der Waals surface area contributed by atoms with Crippen molar-refractivity contribution < 1.29 is 19.1 Å². The van der Waals surface area contributed by atoms with E-state index in [-0.39, 0.29) is 24.3 Å². The number of nitrogens with one attached hydrogen (secondary N) is 1. The Bertz CT molecular complexity index is 1450. The molecule has 0 bridgehead atoms. The van der Waals surface area contributed by atoms with Gasteiger partial charge in [0.05, 0.1) is 26.0 Å². The van der Waals surface area contributed by atoms with Crippen molar-refractivity contribution in [2.45, 2.75) is 38.0 Å². The van der Waals surface area contributed by atoms with E-state index in [0.29, 0.717) is 28.8 Å². The van der Waals surface area contributed by atoms with Crippen molar-refractivity contribution in [3.05, 3.63) is 89.0 Å². The van der Waals surface area contributed by atoms with Crippen LogP contribution in [-0.4, -0.2) is 47.2 Å². The van der Waals surface area contributed by atoms with E-state index in [0.717, 1.165) is 28.0 Å². The molecule has 0 saturated carbocycles. The largest absolute Gasteiger partial charge is 0.497 e. The highest BCUT2D eigenvalue weighted by atomic mass is 32.2. The SMILES string of the molecule is COc1ccc(OC)c(C2=NN(C3=NC(=O)[C@@H](CC(=O)Nc4ccc(C)cc4)S3)[C@H](c3ccc(C)cc3)C2)c1. The van der Waals surface area contributed by atoms with Crippen LogP contribution in [0.3, 0.4) is 0 Å². The number of nitrogens with zero attached hydrogens (tertiary/aromatic N) is 3. The van der Waals surface area contributed by atoms with Crippen LogP contribution in [-0.2, 0) is 9.59 Å². The Kier molecular flexibility index (Phi) is 7.70. The normalized spacial score (nSPS) is 18.6. The number of hydrogen-bond acceptors (Lipinski definition) is 7. The number of aliphatic imine (C=N–C) groups is 1. The summed E-state index contributed by atoms with van der Waals surface area (Å²) in [5.74, 6) is 0.810. The van der Waals surface area contributed by atoms with Crippen molar-refractivity contribution in [2.75, 3.05) is 19.5 Å². The molecular formula is C30H30N4O4S. The number of benzene rings is 3. The van der Waals surface area contributed by atoms with E-state index in [9.17, 15) is 9.59 Å². The molecule has 0 spiro atoms. The summed E-state index contributed by atoms with van der Waals surface area (Å²) in [5.41, 5.74) is 5.63. The first-order valence-corrected chi connectivity index (χ1v) is 13.5. The molecule has 9 heteroatoms. The Labute approximate surface area is 232 Å². The maximum atomic E-state index is 12.9. The number of aryl methyl sites for hydroxylation is 2. The van der Waals surface area contributed by atoms with Crippen LogP contribution in [0.5, 0.6) is 11.5 Å². The van der Waals surface area contributed by atoms with Crippen LogP contribution in [0.15, 0.2) is 76.8 Å². The zero-order chi connectivity index (χ0) is 27.5. The summed E-state index contributed by atoms with van der Waals surface area (Å²) in [7, 11) is 3.24. The van der Waals surface area contributed by atoms with Crippen molar-refractivity contribution >= 4 is 40.1 Å². The molecule has 0 unspecified atom stereocenters. The Morgan fingerprint density at radius 2 is 1.69 bits per heavy atom. The predicted octanol–water partition coefficient (Wildman–Crippen LogP) is 5.50. The lowest BCUT2D eigenvalue weighted by Gasteiger charge is -2.23.